The lowest BCUT2D eigenvalue weighted by molar-refractivity contribution is -0.141. The summed E-state index contributed by atoms with van der Waals surface area (Å²) < 4.78 is 23.7. The summed E-state index contributed by atoms with van der Waals surface area (Å²) in [4.78, 5) is 12.4. The highest BCUT2D eigenvalue weighted by Gasteiger charge is 2.35. The van der Waals surface area contributed by atoms with E-state index in [2.05, 4.69) is 0 Å². The zero-order chi connectivity index (χ0) is 22.0. The van der Waals surface area contributed by atoms with Crippen LogP contribution < -0.4 is 0 Å². The first-order valence-corrected chi connectivity index (χ1v) is 10.6. The predicted molar refractivity (Wildman–Crippen MR) is 121 cm³/mol. The van der Waals surface area contributed by atoms with Crippen LogP contribution in [0.5, 0.6) is 0 Å². The van der Waals surface area contributed by atoms with Crippen LogP contribution in [-0.2, 0) is 32.2 Å². The van der Waals surface area contributed by atoms with Crippen LogP contribution in [0.25, 0.3) is 0 Å². The molecule has 0 aromatic heterocycles. The van der Waals surface area contributed by atoms with Crippen LogP contribution in [-0.4, -0.2) is 30.9 Å². The second kappa shape index (κ2) is 11.3. The molecule has 5 nitrogen and oxygen atoms in total. The molecule has 0 spiro atoms. The molecule has 3 atom stereocenters. The third kappa shape index (κ3) is 6.06. The first-order valence-electron chi connectivity index (χ1n) is 10.6. The number of ether oxygens (including phenoxy) is 4. The highest BCUT2D eigenvalue weighted by molar-refractivity contribution is 5.89. The first-order chi connectivity index (χ1) is 15.8. The Kier molecular flexibility index (Phi) is 7.69. The van der Waals surface area contributed by atoms with Gasteiger partial charge in [-0.05, 0) is 29.3 Å². The fourth-order valence-electron chi connectivity index (χ4n) is 3.46. The SMILES string of the molecule is O=C(OCC1OC=CC(OCc2ccccc2)C1OCc1ccccc1)c1ccccc1. The topological polar surface area (TPSA) is 54.0 Å². The average Bonchev–Trinajstić information content (AvgIpc) is 2.87. The summed E-state index contributed by atoms with van der Waals surface area (Å²) in [6.45, 7) is 0.900. The molecule has 1 aliphatic rings. The average molecular weight is 431 g/mol. The van der Waals surface area contributed by atoms with Gasteiger partial charge in [-0.1, -0.05) is 78.9 Å². The third-order valence-corrected chi connectivity index (χ3v) is 5.17. The van der Waals surface area contributed by atoms with Gasteiger partial charge in [-0.3, -0.25) is 0 Å². The van der Waals surface area contributed by atoms with E-state index in [4.69, 9.17) is 18.9 Å². The van der Waals surface area contributed by atoms with Gasteiger partial charge < -0.3 is 18.9 Å². The second-order valence-electron chi connectivity index (χ2n) is 7.49. The minimum atomic E-state index is -0.489. The van der Waals surface area contributed by atoms with Crippen LogP contribution in [0.1, 0.15) is 21.5 Å². The van der Waals surface area contributed by atoms with Crippen molar-refractivity contribution in [3.8, 4) is 0 Å². The molecule has 1 aliphatic heterocycles. The quantitative estimate of drug-likeness (QED) is 0.451. The molecule has 164 valence electrons. The third-order valence-electron chi connectivity index (χ3n) is 5.17. The van der Waals surface area contributed by atoms with Crippen LogP contribution in [0.4, 0.5) is 0 Å². The van der Waals surface area contributed by atoms with Gasteiger partial charge in [0.25, 0.3) is 0 Å². The molecule has 1 heterocycles. The normalized spacial score (nSPS) is 19.8. The maximum Gasteiger partial charge on any atom is 0.338 e. The number of rotatable bonds is 9. The van der Waals surface area contributed by atoms with Crippen molar-refractivity contribution in [3.63, 3.8) is 0 Å². The Morgan fingerprint density at radius 3 is 1.94 bits per heavy atom. The van der Waals surface area contributed by atoms with Gasteiger partial charge >= 0.3 is 5.97 Å². The van der Waals surface area contributed by atoms with Crippen molar-refractivity contribution in [2.45, 2.75) is 31.5 Å². The van der Waals surface area contributed by atoms with Crippen molar-refractivity contribution >= 4 is 5.97 Å². The minimum absolute atomic E-state index is 0.0583. The summed E-state index contributed by atoms with van der Waals surface area (Å²) in [6, 6.07) is 28.8. The van der Waals surface area contributed by atoms with Crippen LogP contribution >= 0.6 is 0 Å². The van der Waals surface area contributed by atoms with E-state index in [-0.39, 0.29) is 12.7 Å². The van der Waals surface area contributed by atoms with Gasteiger partial charge in [0.05, 0.1) is 25.0 Å². The number of carbonyl (C=O) groups is 1. The lowest BCUT2D eigenvalue weighted by atomic mass is 10.1. The highest BCUT2D eigenvalue weighted by Crippen LogP contribution is 2.22. The highest BCUT2D eigenvalue weighted by atomic mass is 16.6. The predicted octanol–water partition coefficient (Wildman–Crippen LogP) is 4.93. The number of carbonyl (C=O) groups excluding carboxylic acids is 1. The zero-order valence-electron chi connectivity index (χ0n) is 17.7. The van der Waals surface area contributed by atoms with Gasteiger partial charge in [0.1, 0.15) is 18.8 Å². The Hall–Kier alpha value is -3.41. The van der Waals surface area contributed by atoms with Gasteiger partial charge in [0.2, 0.25) is 0 Å². The van der Waals surface area contributed by atoms with Crippen molar-refractivity contribution in [1.29, 1.82) is 0 Å². The van der Waals surface area contributed by atoms with E-state index in [0.29, 0.717) is 18.8 Å². The Labute approximate surface area is 188 Å². The monoisotopic (exact) mass is 430 g/mol. The molecule has 0 radical (unpaired) electrons. The molecule has 0 N–H and O–H groups in total. The van der Waals surface area contributed by atoms with Crippen LogP contribution in [0.3, 0.4) is 0 Å². The number of hydrogen-bond acceptors (Lipinski definition) is 5. The van der Waals surface area contributed by atoms with E-state index in [9.17, 15) is 4.79 Å². The van der Waals surface area contributed by atoms with Crippen molar-refractivity contribution in [3.05, 3.63) is 120 Å². The van der Waals surface area contributed by atoms with Gasteiger partial charge in [-0.15, -0.1) is 0 Å². The van der Waals surface area contributed by atoms with E-state index in [1.807, 2.05) is 72.8 Å². The molecule has 3 aromatic carbocycles. The maximum atomic E-state index is 12.4. The molecule has 0 saturated carbocycles. The lowest BCUT2D eigenvalue weighted by Crippen LogP contribution is -2.46. The summed E-state index contributed by atoms with van der Waals surface area (Å²) in [5, 5.41) is 0. The maximum absolute atomic E-state index is 12.4. The molecular formula is C27H26O5. The zero-order valence-corrected chi connectivity index (χ0v) is 17.7. The fourth-order valence-corrected chi connectivity index (χ4v) is 3.46. The standard InChI is InChI=1S/C27H26O5/c28-27(23-14-8-3-9-15-23)32-20-25-26(31-19-22-12-6-2-7-13-22)24(16-17-29-25)30-18-21-10-4-1-5-11-21/h1-17,24-26H,18-20H2. The number of esters is 1. The molecule has 3 aromatic rings. The van der Waals surface area contributed by atoms with Gasteiger partial charge in [-0.25, -0.2) is 4.79 Å². The second-order valence-corrected chi connectivity index (χ2v) is 7.49. The van der Waals surface area contributed by atoms with E-state index < -0.39 is 18.2 Å². The smallest absolute Gasteiger partial charge is 0.338 e. The lowest BCUT2D eigenvalue weighted by Gasteiger charge is -2.34. The van der Waals surface area contributed by atoms with Crippen molar-refractivity contribution < 1.29 is 23.7 Å². The summed E-state index contributed by atoms with van der Waals surface area (Å²) in [7, 11) is 0. The summed E-state index contributed by atoms with van der Waals surface area (Å²) in [5.74, 6) is -0.396. The molecular weight excluding hydrogens is 404 g/mol. The minimum Gasteiger partial charge on any atom is -0.492 e. The molecule has 3 unspecified atom stereocenters. The summed E-state index contributed by atoms with van der Waals surface area (Å²) in [5.41, 5.74) is 2.61. The fraction of sp³-hybridized carbons (Fsp3) is 0.222. The van der Waals surface area contributed by atoms with E-state index in [1.165, 1.54) is 0 Å². The van der Waals surface area contributed by atoms with Gasteiger partial charge in [-0.2, -0.15) is 0 Å². The van der Waals surface area contributed by atoms with Gasteiger partial charge in [0, 0.05) is 0 Å². The molecule has 4 rings (SSSR count). The Balaban J connectivity index is 1.42. The van der Waals surface area contributed by atoms with Gasteiger partial charge in [0.15, 0.2) is 6.10 Å². The van der Waals surface area contributed by atoms with Crippen LogP contribution in [0.15, 0.2) is 103 Å². The Morgan fingerprint density at radius 1 is 0.750 bits per heavy atom. The van der Waals surface area contributed by atoms with Crippen LogP contribution in [0, 0.1) is 0 Å². The van der Waals surface area contributed by atoms with Crippen molar-refractivity contribution in [2.24, 2.45) is 0 Å². The molecule has 0 amide bonds. The van der Waals surface area contributed by atoms with Crippen molar-refractivity contribution in [1.82, 2.24) is 0 Å². The number of benzene rings is 3. The molecule has 0 aliphatic carbocycles. The molecule has 5 heteroatoms. The molecule has 0 fully saturated rings. The summed E-state index contributed by atoms with van der Waals surface area (Å²) >= 11 is 0. The Morgan fingerprint density at radius 2 is 1.31 bits per heavy atom. The molecule has 0 saturated heterocycles. The van der Waals surface area contributed by atoms with Crippen molar-refractivity contribution in [2.75, 3.05) is 6.61 Å². The molecule has 0 bridgehead atoms. The first kappa shape index (κ1) is 21.8. The largest absolute Gasteiger partial charge is 0.492 e. The van der Waals surface area contributed by atoms with Crippen LogP contribution in [0.2, 0.25) is 0 Å². The Bertz CT molecular complexity index is 988. The number of hydrogen-bond donors (Lipinski definition) is 0. The van der Waals surface area contributed by atoms with E-state index >= 15 is 0 Å². The summed E-state index contributed by atoms with van der Waals surface area (Å²) in [6.07, 6.45) is 2.17. The van der Waals surface area contributed by atoms with E-state index in [1.54, 1.807) is 30.5 Å². The molecule has 32 heavy (non-hydrogen) atoms. The van der Waals surface area contributed by atoms with E-state index in [0.717, 1.165) is 11.1 Å².